The number of rotatable bonds is 35. The van der Waals surface area contributed by atoms with Gasteiger partial charge >= 0.3 is 11.9 Å². The zero-order chi connectivity index (χ0) is 37.4. The van der Waals surface area contributed by atoms with Crippen LogP contribution in [0.5, 0.6) is 0 Å². The number of carbonyl (C=O) groups is 2. The van der Waals surface area contributed by atoms with Gasteiger partial charge in [-0.15, -0.1) is 0 Å². The lowest BCUT2D eigenvalue weighted by molar-refractivity contribution is -0.305. The van der Waals surface area contributed by atoms with E-state index in [0.29, 0.717) is 6.42 Å². The number of esters is 2. The predicted molar refractivity (Wildman–Crippen MR) is 201 cm³/mol. The highest BCUT2D eigenvalue weighted by Gasteiger charge is 2.44. The van der Waals surface area contributed by atoms with Crippen LogP contribution in [0.15, 0.2) is 0 Å². The summed E-state index contributed by atoms with van der Waals surface area (Å²) in [5.41, 5.74) is 0. The maximum atomic E-state index is 12.7. The van der Waals surface area contributed by atoms with Gasteiger partial charge in [-0.25, -0.2) is 0 Å². The van der Waals surface area contributed by atoms with Gasteiger partial charge in [0.2, 0.25) is 0 Å². The summed E-state index contributed by atoms with van der Waals surface area (Å²) in [5.74, 6) is -0.795. The van der Waals surface area contributed by atoms with Crippen LogP contribution in [0.4, 0.5) is 0 Å². The summed E-state index contributed by atoms with van der Waals surface area (Å²) in [7, 11) is 0. The summed E-state index contributed by atoms with van der Waals surface area (Å²) >= 11 is 0. The molecular weight excluding hydrogens is 652 g/mol. The molecule has 1 unspecified atom stereocenters. The van der Waals surface area contributed by atoms with E-state index in [2.05, 4.69) is 13.8 Å². The molecule has 0 aromatic heterocycles. The molecule has 4 N–H and O–H groups in total. The highest BCUT2D eigenvalue weighted by atomic mass is 16.7. The van der Waals surface area contributed by atoms with Gasteiger partial charge < -0.3 is 39.4 Å². The molecule has 1 saturated heterocycles. The van der Waals surface area contributed by atoms with Crippen molar-refractivity contribution in [3.8, 4) is 0 Å². The first-order chi connectivity index (χ1) is 24.8. The Bertz CT molecular complexity index is 809. The molecule has 10 nitrogen and oxygen atoms in total. The van der Waals surface area contributed by atoms with Gasteiger partial charge in [-0.1, -0.05) is 168 Å². The number of aliphatic hydroxyl groups excluding tert-OH is 4. The van der Waals surface area contributed by atoms with Gasteiger partial charge in [0.05, 0.1) is 13.2 Å². The molecule has 0 aliphatic carbocycles. The Morgan fingerprint density at radius 1 is 0.529 bits per heavy atom. The Kier molecular flexibility index (Phi) is 31.1. The van der Waals surface area contributed by atoms with E-state index in [1.807, 2.05) is 0 Å². The highest BCUT2D eigenvalue weighted by molar-refractivity contribution is 5.70. The minimum absolute atomic E-state index is 0.209. The fourth-order valence-electron chi connectivity index (χ4n) is 6.60. The third-order valence-corrected chi connectivity index (χ3v) is 9.99. The van der Waals surface area contributed by atoms with Crippen molar-refractivity contribution in [3.05, 3.63) is 0 Å². The van der Waals surface area contributed by atoms with E-state index in [1.165, 1.54) is 122 Å². The topological polar surface area (TPSA) is 152 Å². The van der Waals surface area contributed by atoms with Crippen LogP contribution in [0, 0.1) is 0 Å². The van der Waals surface area contributed by atoms with E-state index >= 15 is 0 Å². The van der Waals surface area contributed by atoms with Crippen molar-refractivity contribution in [1.29, 1.82) is 0 Å². The third-order valence-electron chi connectivity index (χ3n) is 9.99. The Morgan fingerprint density at radius 3 is 1.33 bits per heavy atom. The lowest BCUT2D eigenvalue weighted by atomic mass is 9.99. The van der Waals surface area contributed by atoms with Crippen molar-refractivity contribution >= 4 is 11.9 Å². The minimum Gasteiger partial charge on any atom is -0.462 e. The Hall–Kier alpha value is -1.30. The van der Waals surface area contributed by atoms with Crippen LogP contribution < -0.4 is 0 Å². The molecule has 1 heterocycles. The minimum atomic E-state index is -1.59. The van der Waals surface area contributed by atoms with Gasteiger partial charge in [0.1, 0.15) is 31.0 Å². The molecule has 1 aliphatic rings. The molecule has 0 aromatic rings. The van der Waals surface area contributed by atoms with Crippen molar-refractivity contribution in [1.82, 2.24) is 0 Å². The molecule has 0 spiro atoms. The van der Waals surface area contributed by atoms with Gasteiger partial charge in [0, 0.05) is 12.8 Å². The molecule has 0 bridgehead atoms. The van der Waals surface area contributed by atoms with Crippen molar-refractivity contribution in [3.63, 3.8) is 0 Å². The van der Waals surface area contributed by atoms with Crippen LogP contribution >= 0.6 is 0 Å². The SMILES string of the molecule is CCCCCCCCCCCCCCCC(=O)OCC(CO[C@H]1O[C@H](CO)[C@@H](O)[C@H](O)[C@H]1O)OC(=O)CCCCCCCCCCCCCCC. The molecule has 302 valence electrons. The molecule has 10 heteroatoms. The monoisotopic (exact) mass is 731 g/mol. The summed E-state index contributed by atoms with van der Waals surface area (Å²) in [6.07, 6.45) is 23.9. The summed E-state index contributed by atoms with van der Waals surface area (Å²) in [5, 5.41) is 40.0. The third kappa shape index (κ3) is 25.4. The number of ether oxygens (including phenoxy) is 4. The fourth-order valence-corrected chi connectivity index (χ4v) is 6.60. The van der Waals surface area contributed by atoms with Gasteiger partial charge in [0.25, 0.3) is 0 Å². The van der Waals surface area contributed by atoms with Gasteiger partial charge in [0.15, 0.2) is 12.4 Å². The smallest absolute Gasteiger partial charge is 0.306 e. The van der Waals surface area contributed by atoms with E-state index in [1.54, 1.807) is 0 Å². The molecule has 6 atom stereocenters. The molecular formula is C41H78O10. The first kappa shape index (κ1) is 47.7. The molecule has 51 heavy (non-hydrogen) atoms. The quantitative estimate of drug-likeness (QED) is 0.0371. The van der Waals surface area contributed by atoms with Crippen molar-refractivity contribution in [2.24, 2.45) is 0 Å². The van der Waals surface area contributed by atoms with Crippen LogP contribution in [0.1, 0.15) is 194 Å². The lowest BCUT2D eigenvalue weighted by Gasteiger charge is -2.39. The summed E-state index contributed by atoms with van der Waals surface area (Å²) in [6.45, 7) is 3.43. The number of unbranched alkanes of at least 4 members (excludes halogenated alkanes) is 24. The first-order valence-electron chi connectivity index (χ1n) is 21.1. The van der Waals surface area contributed by atoms with Crippen LogP contribution in [0.3, 0.4) is 0 Å². The molecule has 0 saturated carbocycles. The first-order valence-corrected chi connectivity index (χ1v) is 21.1. The zero-order valence-corrected chi connectivity index (χ0v) is 32.6. The predicted octanol–water partition coefficient (Wildman–Crippen LogP) is 8.22. The Labute approximate surface area is 310 Å². The summed E-state index contributed by atoms with van der Waals surface area (Å²) in [6, 6.07) is 0. The van der Waals surface area contributed by atoms with Gasteiger partial charge in [-0.05, 0) is 12.8 Å². The van der Waals surface area contributed by atoms with Crippen LogP contribution in [-0.2, 0) is 28.5 Å². The summed E-state index contributed by atoms with van der Waals surface area (Å²) < 4.78 is 22.1. The van der Waals surface area contributed by atoms with E-state index < -0.39 is 49.4 Å². The van der Waals surface area contributed by atoms with Crippen molar-refractivity contribution < 1.29 is 49.0 Å². The molecule has 0 aromatic carbocycles. The van der Waals surface area contributed by atoms with Crippen molar-refractivity contribution in [2.75, 3.05) is 19.8 Å². The lowest BCUT2D eigenvalue weighted by Crippen LogP contribution is -2.59. The number of aliphatic hydroxyl groups is 4. The second-order valence-electron chi connectivity index (χ2n) is 14.8. The number of hydrogen-bond acceptors (Lipinski definition) is 10. The molecule has 0 radical (unpaired) electrons. The highest BCUT2D eigenvalue weighted by Crippen LogP contribution is 2.23. The number of carbonyl (C=O) groups excluding carboxylic acids is 2. The number of hydrogen-bond donors (Lipinski definition) is 4. The Morgan fingerprint density at radius 2 is 0.922 bits per heavy atom. The summed E-state index contributed by atoms with van der Waals surface area (Å²) in [4.78, 5) is 25.2. The van der Waals surface area contributed by atoms with Gasteiger partial charge in [-0.3, -0.25) is 9.59 Å². The van der Waals surface area contributed by atoms with Crippen LogP contribution in [0.25, 0.3) is 0 Å². The maximum Gasteiger partial charge on any atom is 0.306 e. The average molecular weight is 731 g/mol. The van der Waals surface area contributed by atoms with E-state index in [9.17, 15) is 30.0 Å². The average Bonchev–Trinajstić information content (AvgIpc) is 3.13. The second-order valence-corrected chi connectivity index (χ2v) is 14.8. The standard InChI is InChI=1S/C41H78O10/c1-3-5-7-9-11-13-15-17-19-21-23-25-27-29-36(43)48-32-34(33-49-41-40(47)39(46)38(45)35(31-42)51-41)50-37(44)30-28-26-24-22-20-18-16-14-12-10-8-6-4-2/h34-35,38-42,45-47H,3-33H2,1-2H3/t34?,35-,38-,39+,40-,41+/m1/s1. The maximum absolute atomic E-state index is 12.7. The van der Waals surface area contributed by atoms with Crippen molar-refractivity contribution in [2.45, 2.75) is 230 Å². The zero-order valence-electron chi connectivity index (χ0n) is 32.6. The van der Waals surface area contributed by atoms with E-state index in [0.717, 1.165) is 38.5 Å². The Balaban J connectivity index is 2.35. The largest absolute Gasteiger partial charge is 0.462 e. The van der Waals surface area contributed by atoms with Gasteiger partial charge in [-0.2, -0.15) is 0 Å². The van der Waals surface area contributed by atoms with Crippen LogP contribution in [-0.4, -0.2) is 89.0 Å². The molecule has 0 amide bonds. The normalized spacial score (nSPS) is 21.1. The van der Waals surface area contributed by atoms with Crippen LogP contribution in [0.2, 0.25) is 0 Å². The van der Waals surface area contributed by atoms with E-state index in [4.69, 9.17) is 18.9 Å². The molecule has 1 rings (SSSR count). The second kappa shape index (κ2) is 33.3. The fraction of sp³-hybridized carbons (Fsp3) is 0.951. The molecule has 1 fully saturated rings. The molecule has 1 aliphatic heterocycles. The van der Waals surface area contributed by atoms with E-state index in [-0.39, 0.29) is 32.0 Å².